The molecular weight excluding hydrogens is 318 g/mol. The number of aryl methyl sites for hydroxylation is 1. The minimum atomic E-state index is -0.999. The summed E-state index contributed by atoms with van der Waals surface area (Å²) in [7, 11) is 0. The van der Waals surface area contributed by atoms with Crippen molar-refractivity contribution in [3.05, 3.63) is 71.8 Å². The fraction of sp³-hybridized carbons (Fsp3) is 0.300. The standard InChI is InChI=1S/C20H23NO4/c1-15(19(22)23)21-18(13-12-16-8-4-2-5-9-16)20(24)25-14-17-10-6-3-7-11-17/h2-11,15,18,21H,12-14H2,1H3,(H,22,23)/t15?,18-/m0/s1. The molecule has 0 aliphatic carbocycles. The lowest BCUT2D eigenvalue weighted by molar-refractivity contribution is -0.148. The van der Waals surface area contributed by atoms with Crippen molar-refractivity contribution in [1.82, 2.24) is 5.32 Å². The summed E-state index contributed by atoms with van der Waals surface area (Å²) in [5, 5.41) is 11.9. The van der Waals surface area contributed by atoms with Gasteiger partial charge < -0.3 is 9.84 Å². The summed E-state index contributed by atoms with van der Waals surface area (Å²) < 4.78 is 5.36. The second kappa shape index (κ2) is 9.59. The first-order chi connectivity index (χ1) is 12.1. The zero-order valence-electron chi connectivity index (χ0n) is 14.2. The Hall–Kier alpha value is -2.66. The van der Waals surface area contributed by atoms with Crippen LogP contribution in [0.1, 0.15) is 24.5 Å². The normalized spacial score (nSPS) is 13.0. The van der Waals surface area contributed by atoms with Gasteiger partial charge in [-0.1, -0.05) is 60.7 Å². The largest absolute Gasteiger partial charge is 0.480 e. The summed E-state index contributed by atoms with van der Waals surface area (Å²) in [6.07, 6.45) is 1.13. The third-order valence-corrected chi connectivity index (χ3v) is 3.89. The summed E-state index contributed by atoms with van der Waals surface area (Å²) in [4.78, 5) is 23.5. The van der Waals surface area contributed by atoms with E-state index < -0.39 is 24.0 Å². The molecule has 2 rings (SSSR count). The molecule has 0 saturated carbocycles. The van der Waals surface area contributed by atoms with Crippen molar-refractivity contribution in [1.29, 1.82) is 0 Å². The molecule has 0 fully saturated rings. The molecule has 2 atom stereocenters. The molecule has 25 heavy (non-hydrogen) atoms. The maximum atomic E-state index is 12.4. The maximum Gasteiger partial charge on any atom is 0.323 e. The lowest BCUT2D eigenvalue weighted by atomic mass is 10.0. The van der Waals surface area contributed by atoms with Crippen LogP contribution in [-0.4, -0.2) is 29.1 Å². The highest BCUT2D eigenvalue weighted by Gasteiger charge is 2.24. The first-order valence-electron chi connectivity index (χ1n) is 8.29. The summed E-state index contributed by atoms with van der Waals surface area (Å²) in [6.45, 7) is 1.69. The third-order valence-electron chi connectivity index (χ3n) is 3.89. The molecule has 1 unspecified atom stereocenters. The molecule has 0 aliphatic heterocycles. The van der Waals surface area contributed by atoms with Crippen molar-refractivity contribution in [3.8, 4) is 0 Å². The van der Waals surface area contributed by atoms with E-state index in [2.05, 4.69) is 5.32 Å². The zero-order chi connectivity index (χ0) is 18.1. The van der Waals surface area contributed by atoms with Crippen LogP contribution < -0.4 is 5.32 Å². The van der Waals surface area contributed by atoms with E-state index in [1.807, 2.05) is 60.7 Å². The Balaban J connectivity index is 1.96. The van der Waals surface area contributed by atoms with Crippen LogP contribution in [0.15, 0.2) is 60.7 Å². The predicted molar refractivity (Wildman–Crippen MR) is 95.0 cm³/mol. The van der Waals surface area contributed by atoms with Gasteiger partial charge in [0, 0.05) is 0 Å². The number of hydrogen-bond acceptors (Lipinski definition) is 4. The lowest BCUT2D eigenvalue weighted by Gasteiger charge is -2.20. The van der Waals surface area contributed by atoms with Crippen LogP contribution in [0.4, 0.5) is 0 Å². The number of carbonyl (C=O) groups is 2. The first kappa shape index (κ1) is 18.7. The summed E-state index contributed by atoms with van der Waals surface area (Å²) >= 11 is 0. The van der Waals surface area contributed by atoms with Crippen LogP contribution in [0.2, 0.25) is 0 Å². The predicted octanol–water partition coefficient (Wildman–Crippen LogP) is 2.79. The first-order valence-corrected chi connectivity index (χ1v) is 8.29. The van der Waals surface area contributed by atoms with Gasteiger partial charge in [0.05, 0.1) is 0 Å². The average Bonchev–Trinajstić information content (AvgIpc) is 2.64. The van der Waals surface area contributed by atoms with Crippen molar-refractivity contribution in [3.63, 3.8) is 0 Å². The highest BCUT2D eigenvalue weighted by atomic mass is 16.5. The molecule has 0 heterocycles. The Bertz CT molecular complexity index is 673. The molecule has 2 aromatic rings. The highest BCUT2D eigenvalue weighted by molar-refractivity contribution is 5.78. The van der Waals surface area contributed by atoms with E-state index in [0.29, 0.717) is 12.8 Å². The van der Waals surface area contributed by atoms with Gasteiger partial charge in [0.2, 0.25) is 0 Å². The second-order valence-electron chi connectivity index (χ2n) is 5.90. The molecule has 132 valence electrons. The van der Waals surface area contributed by atoms with Crippen LogP contribution >= 0.6 is 0 Å². The number of hydrogen-bond donors (Lipinski definition) is 2. The van der Waals surface area contributed by atoms with Gasteiger partial charge in [0.1, 0.15) is 18.7 Å². The average molecular weight is 341 g/mol. The number of benzene rings is 2. The van der Waals surface area contributed by atoms with Crippen molar-refractivity contribution < 1.29 is 19.4 Å². The molecule has 0 aromatic heterocycles. The zero-order valence-corrected chi connectivity index (χ0v) is 14.2. The Morgan fingerprint density at radius 1 is 1.00 bits per heavy atom. The van der Waals surface area contributed by atoms with E-state index in [-0.39, 0.29) is 6.61 Å². The van der Waals surface area contributed by atoms with Gasteiger partial charge in [-0.05, 0) is 30.9 Å². The van der Waals surface area contributed by atoms with Gasteiger partial charge in [0.15, 0.2) is 0 Å². The molecule has 0 bridgehead atoms. The molecular formula is C20H23NO4. The summed E-state index contributed by atoms with van der Waals surface area (Å²) in [6, 6.07) is 17.7. The van der Waals surface area contributed by atoms with E-state index >= 15 is 0 Å². The number of nitrogens with one attached hydrogen (secondary N) is 1. The number of esters is 1. The lowest BCUT2D eigenvalue weighted by Crippen LogP contribution is -2.46. The topological polar surface area (TPSA) is 75.6 Å². The van der Waals surface area contributed by atoms with Crippen molar-refractivity contribution in [2.24, 2.45) is 0 Å². The minimum Gasteiger partial charge on any atom is -0.480 e. The molecule has 0 saturated heterocycles. The number of ether oxygens (including phenoxy) is 1. The fourth-order valence-corrected chi connectivity index (χ4v) is 2.43. The van der Waals surface area contributed by atoms with Crippen LogP contribution in [0, 0.1) is 0 Å². The number of aliphatic carboxylic acids is 1. The Morgan fingerprint density at radius 3 is 2.12 bits per heavy atom. The van der Waals surface area contributed by atoms with Crippen LogP contribution in [-0.2, 0) is 27.4 Å². The van der Waals surface area contributed by atoms with Crippen molar-refractivity contribution in [2.45, 2.75) is 38.5 Å². The monoisotopic (exact) mass is 341 g/mol. The van der Waals surface area contributed by atoms with E-state index in [4.69, 9.17) is 9.84 Å². The quantitative estimate of drug-likeness (QED) is 0.686. The van der Waals surface area contributed by atoms with Crippen molar-refractivity contribution in [2.75, 3.05) is 0 Å². The number of rotatable bonds is 9. The van der Waals surface area contributed by atoms with Gasteiger partial charge in [-0.25, -0.2) is 0 Å². The molecule has 2 N–H and O–H groups in total. The second-order valence-corrected chi connectivity index (χ2v) is 5.90. The molecule has 5 heteroatoms. The van der Waals surface area contributed by atoms with Gasteiger partial charge in [-0.2, -0.15) is 0 Å². The molecule has 0 amide bonds. The number of carboxylic acid groups (broad SMARTS) is 1. The minimum absolute atomic E-state index is 0.171. The summed E-state index contributed by atoms with van der Waals surface area (Å²) in [5.74, 6) is -1.44. The smallest absolute Gasteiger partial charge is 0.323 e. The van der Waals surface area contributed by atoms with E-state index in [1.54, 1.807) is 0 Å². The van der Waals surface area contributed by atoms with Crippen LogP contribution in [0.5, 0.6) is 0 Å². The molecule has 0 radical (unpaired) electrons. The Morgan fingerprint density at radius 2 is 1.56 bits per heavy atom. The SMILES string of the molecule is CC(N[C@@H](CCc1ccccc1)C(=O)OCc1ccccc1)C(=O)O. The van der Waals surface area contributed by atoms with Gasteiger partial charge >= 0.3 is 11.9 Å². The number of carboxylic acids is 1. The molecule has 0 spiro atoms. The van der Waals surface area contributed by atoms with Crippen molar-refractivity contribution >= 4 is 11.9 Å². The molecule has 0 aliphatic rings. The van der Waals surface area contributed by atoms with E-state index in [0.717, 1.165) is 11.1 Å². The highest BCUT2D eigenvalue weighted by Crippen LogP contribution is 2.09. The van der Waals surface area contributed by atoms with Gasteiger partial charge in [0.25, 0.3) is 0 Å². The Kier molecular flexibility index (Phi) is 7.16. The Labute approximate surface area is 147 Å². The fourth-order valence-electron chi connectivity index (χ4n) is 2.43. The van der Waals surface area contributed by atoms with Gasteiger partial charge in [-0.15, -0.1) is 0 Å². The summed E-state index contributed by atoms with van der Waals surface area (Å²) in [5.41, 5.74) is 1.98. The maximum absolute atomic E-state index is 12.4. The molecule has 2 aromatic carbocycles. The molecule has 5 nitrogen and oxygen atoms in total. The van der Waals surface area contributed by atoms with Crippen LogP contribution in [0.25, 0.3) is 0 Å². The van der Waals surface area contributed by atoms with Crippen LogP contribution in [0.3, 0.4) is 0 Å². The van der Waals surface area contributed by atoms with E-state index in [9.17, 15) is 9.59 Å². The van der Waals surface area contributed by atoms with Gasteiger partial charge in [-0.3, -0.25) is 14.9 Å². The third kappa shape index (κ3) is 6.39. The number of carbonyl (C=O) groups excluding carboxylic acids is 1. The van der Waals surface area contributed by atoms with E-state index in [1.165, 1.54) is 6.92 Å².